The van der Waals surface area contributed by atoms with Gasteiger partial charge in [0, 0.05) is 17.0 Å². The standard InChI is InChI=1S/C16H19NO3S2/c1-10(16(19)20)7-8-17-15(18)14-12(9-21-2)11-5-3-4-6-13(11)22-14/h3-6,10H,7-9H2,1-2H3,(H,17,18)(H,19,20). The second kappa shape index (κ2) is 7.65. The molecule has 1 unspecified atom stereocenters. The second-order valence-electron chi connectivity index (χ2n) is 5.12. The molecule has 118 valence electrons. The molecule has 1 aromatic heterocycles. The maximum atomic E-state index is 12.4. The molecule has 0 saturated carbocycles. The van der Waals surface area contributed by atoms with Crippen molar-refractivity contribution in [3.63, 3.8) is 0 Å². The number of carboxylic acid groups (broad SMARTS) is 1. The Labute approximate surface area is 137 Å². The molecule has 0 fully saturated rings. The fraction of sp³-hybridized carbons (Fsp3) is 0.375. The highest BCUT2D eigenvalue weighted by Crippen LogP contribution is 2.33. The molecule has 0 spiro atoms. The molecule has 4 nitrogen and oxygen atoms in total. The number of carbonyl (C=O) groups is 2. The van der Waals surface area contributed by atoms with Crippen LogP contribution in [0.25, 0.3) is 10.1 Å². The van der Waals surface area contributed by atoms with Gasteiger partial charge in [0.2, 0.25) is 0 Å². The second-order valence-corrected chi connectivity index (χ2v) is 7.04. The lowest BCUT2D eigenvalue weighted by molar-refractivity contribution is -0.141. The number of hydrogen-bond donors (Lipinski definition) is 2. The summed E-state index contributed by atoms with van der Waals surface area (Å²) in [5.74, 6) is -0.603. The minimum atomic E-state index is -0.834. The van der Waals surface area contributed by atoms with Crippen LogP contribution in [0.4, 0.5) is 0 Å². The van der Waals surface area contributed by atoms with Crippen LogP contribution in [-0.4, -0.2) is 29.8 Å². The summed E-state index contributed by atoms with van der Waals surface area (Å²) >= 11 is 3.18. The molecule has 2 aromatic rings. The Kier molecular flexibility index (Phi) is 5.85. The molecule has 0 aliphatic heterocycles. The van der Waals surface area contributed by atoms with Gasteiger partial charge in [0.15, 0.2) is 0 Å². The summed E-state index contributed by atoms with van der Waals surface area (Å²) < 4.78 is 1.11. The molecule has 1 aromatic carbocycles. The van der Waals surface area contributed by atoms with Crippen molar-refractivity contribution in [2.24, 2.45) is 5.92 Å². The third kappa shape index (κ3) is 3.81. The van der Waals surface area contributed by atoms with Gasteiger partial charge in [0.05, 0.1) is 10.8 Å². The zero-order valence-electron chi connectivity index (χ0n) is 12.6. The number of thioether (sulfide) groups is 1. The Bertz CT molecular complexity index is 681. The summed E-state index contributed by atoms with van der Waals surface area (Å²) in [5, 5.41) is 12.8. The smallest absolute Gasteiger partial charge is 0.306 e. The van der Waals surface area contributed by atoms with Crippen molar-refractivity contribution >= 4 is 45.1 Å². The van der Waals surface area contributed by atoms with E-state index >= 15 is 0 Å². The van der Waals surface area contributed by atoms with Gasteiger partial charge in [-0.05, 0) is 29.7 Å². The topological polar surface area (TPSA) is 66.4 Å². The number of fused-ring (bicyclic) bond motifs is 1. The van der Waals surface area contributed by atoms with Gasteiger partial charge in [-0.2, -0.15) is 11.8 Å². The van der Waals surface area contributed by atoms with Crippen molar-refractivity contribution in [3.05, 3.63) is 34.7 Å². The van der Waals surface area contributed by atoms with Crippen molar-refractivity contribution in [1.29, 1.82) is 0 Å². The predicted octanol–water partition coefficient (Wildman–Crippen LogP) is 3.60. The van der Waals surface area contributed by atoms with Crippen LogP contribution in [0.1, 0.15) is 28.6 Å². The van der Waals surface area contributed by atoms with Gasteiger partial charge in [0.1, 0.15) is 0 Å². The first-order valence-corrected chi connectivity index (χ1v) is 9.26. The van der Waals surface area contributed by atoms with Crippen molar-refractivity contribution in [1.82, 2.24) is 5.32 Å². The van der Waals surface area contributed by atoms with Gasteiger partial charge in [-0.3, -0.25) is 9.59 Å². The Hall–Kier alpha value is -1.53. The highest BCUT2D eigenvalue weighted by Gasteiger charge is 2.18. The Morgan fingerprint density at radius 1 is 1.36 bits per heavy atom. The quantitative estimate of drug-likeness (QED) is 0.810. The van der Waals surface area contributed by atoms with Crippen molar-refractivity contribution < 1.29 is 14.7 Å². The first-order valence-electron chi connectivity index (χ1n) is 7.05. The maximum absolute atomic E-state index is 12.4. The van der Waals surface area contributed by atoms with Crippen molar-refractivity contribution in [2.75, 3.05) is 12.8 Å². The highest BCUT2D eigenvalue weighted by molar-refractivity contribution is 7.97. The largest absolute Gasteiger partial charge is 0.481 e. The summed E-state index contributed by atoms with van der Waals surface area (Å²) in [7, 11) is 0. The number of thiophene rings is 1. The first-order chi connectivity index (χ1) is 10.5. The molecule has 22 heavy (non-hydrogen) atoms. The zero-order chi connectivity index (χ0) is 16.1. The summed E-state index contributed by atoms with van der Waals surface area (Å²) in [6.07, 6.45) is 2.45. The van der Waals surface area contributed by atoms with Gasteiger partial charge < -0.3 is 10.4 Å². The molecule has 1 amide bonds. The van der Waals surface area contributed by atoms with Crippen LogP contribution in [0.3, 0.4) is 0 Å². The van der Waals surface area contributed by atoms with E-state index < -0.39 is 11.9 Å². The fourth-order valence-electron chi connectivity index (χ4n) is 2.18. The monoisotopic (exact) mass is 337 g/mol. The van der Waals surface area contributed by atoms with E-state index in [1.54, 1.807) is 18.7 Å². The summed E-state index contributed by atoms with van der Waals surface area (Å²) in [6.45, 7) is 2.02. The predicted molar refractivity (Wildman–Crippen MR) is 92.8 cm³/mol. The van der Waals surface area contributed by atoms with Gasteiger partial charge in [-0.25, -0.2) is 0 Å². The van der Waals surface area contributed by atoms with E-state index in [-0.39, 0.29) is 5.91 Å². The third-order valence-electron chi connectivity index (χ3n) is 3.48. The van der Waals surface area contributed by atoms with E-state index in [1.807, 2.05) is 30.5 Å². The molecular weight excluding hydrogens is 318 g/mol. The lowest BCUT2D eigenvalue weighted by Crippen LogP contribution is -2.27. The molecule has 6 heteroatoms. The lowest BCUT2D eigenvalue weighted by atomic mass is 10.1. The number of carbonyl (C=O) groups excluding carboxylic acids is 1. The fourth-order valence-corrected chi connectivity index (χ4v) is 3.99. The van der Waals surface area contributed by atoms with E-state index in [9.17, 15) is 9.59 Å². The van der Waals surface area contributed by atoms with E-state index in [0.29, 0.717) is 13.0 Å². The minimum Gasteiger partial charge on any atom is -0.481 e. The summed E-state index contributed by atoms with van der Waals surface area (Å²) in [6, 6.07) is 8.01. The van der Waals surface area contributed by atoms with Crippen LogP contribution in [0.15, 0.2) is 24.3 Å². The molecule has 2 N–H and O–H groups in total. The first kappa shape index (κ1) is 16.8. The molecule has 0 bridgehead atoms. The van der Waals surface area contributed by atoms with Crippen molar-refractivity contribution in [3.8, 4) is 0 Å². The average Bonchev–Trinajstić information content (AvgIpc) is 2.86. The Morgan fingerprint density at radius 2 is 2.09 bits per heavy atom. The zero-order valence-corrected chi connectivity index (χ0v) is 14.2. The van der Waals surface area contributed by atoms with E-state index in [4.69, 9.17) is 5.11 Å². The number of hydrogen-bond acceptors (Lipinski definition) is 4. The van der Waals surface area contributed by atoms with Crippen LogP contribution >= 0.6 is 23.1 Å². The number of aliphatic carboxylic acids is 1. The maximum Gasteiger partial charge on any atom is 0.306 e. The lowest BCUT2D eigenvalue weighted by Gasteiger charge is -2.08. The molecule has 1 heterocycles. The van der Waals surface area contributed by atoms with Crippen LogP contribution in [-0.2, 0) is 10.5 Å². The average molecular weight is 337 g/mol. The van der Waals surface area contributed by atoms with Crippen LogP contribution < -0.4 is 5.32 Å². The molecule has 0 saturated heterocycles. The van der Waals surface area contributed by atoms with E-state index in [2.05, 4.69) is 5.32 Å². The number of carboxylic acids is 1. The summed E-state index contributed by atoms with van der Waals surface area (Å²) in [5.41, 5.74) is 1.07. The minimum absolute atomic E-state index is 0.108. The van der Waals surface area contributed by atoms with Crippen molar-refractivity contribution in [2.45, 2.75) is 19.1 Å². The molecule has 2 rings (SSSR count). The Balaban J connectivity index is 2.13. The van der Waals surface area contributed by atoms with Gasteiger partial charge >= 0.3 is 5.97 Å². The van der Waals surface area contributed by atoms with Crippen LogP contribution in [0.5, 0.6) is 0 Å². The highest BCUT2D eigenvalue weighted by atomic mass is 32.2. The van der Waals surface area contributed by atoms with Gasteiger partial charge in [0.25, 0.3) is 5.91 Å². The molecule has 0 aliphatic carbocycles. The molecule has 0 aliphatic rings. The molecule has 1 atom stereocenters. The number of rotatable bonds is 7. The Morgan fingerprint density at radius 3 is 2.77 bits per heavy atom. The van der Waals surface area contributed by atoms with Gasteiger partial charge in [-0.1, -0.05) is 25.1 Å². The third-order valence-corrected chi connectivity index (χ3v) is 5.27. The molecular formula is C16H19NO3S2. The normalized spacial score (nSPS) is 12.3. The number of benzene rings is 1. The van der Waals surface area contributed by atoms with Gasteiger partial charge in [-0.15, -0.1) is 11.3 Å². The molecule has 0 radical (unpaired) electrons. The summed E-state index contributed by atoms with van der Waals surface area (Å²) in [4.78, 5) is 23.9. The van der Waals surface area contributed by atoms with Crippen LogP contribution in [0.2, 0.25) is 0 Å². The SMILES string of the molecule is CSCc1c(C(=O)NCCC(C)C(=O)O)sc2ccccc12. The van der Waals surface area contributed by atoms with E-state index in [1.165, 1.54) is 11.3 Å². The number of nitrogens with one attached hydrogen (secondary N) is 1. The number of amides is 1. The van der Waals surface area contributed by atoms with Crippen LogP contribution in [0, 0.1) is 5.92 Å². The van der Waals surface area contributed by atoms with E-state index in [0.717, 1.165) is 26.3 Å².